The molecule has 1 saturated heterocycles. The number of aromatic nitrogens is 2. The molecule has 2 amide bonds. The van der Waals surface area contributed by atoms with Gasteiger partial charge in [-0.3, -0.25) is 0 Å². The summed E-state index contributed by atoms with van der Waals surface area (Å²) < 4.78 is -0.725. The Balaban J connectivity index is 2.25. The molecule has 1 N–H and O–H groups in total. The van der Waals surface area contributed by atoms with Crippen LogP contribution in [0.15, 0.2) is 0 Å². The van der Waals surface area contributed by atoms with E-state index < -0.39 is 4.65 Å². The van der Waals surface area contributed by atoms with Crippen molar-refractivity contribution in [2.24, 2.45) is 0 Å². The van der Waals surface area contributed by atoms with Crippen LogP contribution in [0, 0.1) is 0 Å². The molecule has 1 fully saturated rings. The fourth-order valence-corrected chi connectivity index (χ4v) is 3.03. The number of likely N-dealkylation sites (N-methyl/N-ethyl adjacent to an activating group) is 1. The predicted octanol–water partition coefficient (Wildman–Crippen LogP) is 1.91. The monoisotopic (exact) mass is 289 g/mol. The van der Waals surface area contributed by atoms with Gasteiger partial charge < -0.3 is 0 Å². The molecule has 0 radical (unpaired) electrons. The van der Waals surface area contributed by atoms with E-state index in [1.54, 1.807) is 11.8 Å². The van der Waals surface area contributed by atoms with Crippen LogP contribution in [0.2, 0.25) is 0 Å². The molecular formula is C10H17N4O2S2+. The number of amides is 2. The Hall–Kier alpha value is -0.700. The van der Waals surface area contributed by atoms with Crippen molar-refractivity contribution in [1.29, 1.82) is 0 Å². The lowest BCUT2D eigenvalue weighted by atomic mass is 10.2. The van der Waals surface area contributed by atoms with Gasteiger partial charge in [-0.25, -0.2) is 14.9 Å². The van der Waals surface area contributed by atoms with Gasteiger partial charge in [-0.05, 0) is 20.1 Å². The van der Waals surface area contributed by atoms with Gasteiger partial charge in [0.05, 0.1) is 11.3 Å². The topological polar surface area (TPSA) is 66.3 Å². The van der Waals surface area contributed by atoms with Gasteiger partial charge in [0.1, 0.15) is 18.6 Å². The normalized spacial score (nSPS) is 24.9. The molecule has 0 spiro atoms. The van der Waals surface area contributed by atoms with Crippen LogP contribution in [0.1, 0.15) is 18.9 Å². The highest BCUT2D eigenvalue weighted by Gasteiger charge is 2.45. The standard InChI is InChI=1S/C10H17N4O2S2/c1-10(2,17-4)7-11-12-8(18-7)13-5-6-14(3,16)9(13)15/h16H,5-6H2,1-4H3/q+1. The Morgan fingerprint density at radius 1 is 1.50 bits per heavy atom. The van der Waals surface area contributed by atoms with Crippen LogP contribution < -0.4 is 4.90 Å². The summed E-state index contributed by atoms with van der Waals surface area (Å²) in [5.74, 6) is 0. The smallest absolute Gasteiger partial charge is 0.227 e. The molecule has 0 aliphatic carbocycles. The molecule has 1 aromatic heterocycles. The Labute approximate surface area is 114 Å². The number of quaternary nitrogens is 1. The average Bonchev–Trinajstić information content (AvgIpc) is 2.87. The van der Waals surface area contributed by atoms with Crippen LogP contribution in [0.25, 0.3) is 0 Å². The molecule has 1 atom stereocenters. The van der Waals surface area contributed by atoms with Gasteiger partial charge in [0.2, 0.25) is 5.13 Å². The SMILES string of the molecule is CSC(C)(C)c1nnc(N2CC[N+](C)(O)C2=O)s1. The highest BCUT2D eigenvalue weighted by molar-refractivity contribution is 7.99. The number of rotatable bonds is 3. The van der Waals surface area contributed by atoms with E-state index >= 15 is 0 Å². The second-order valence-electron chi connectivity index (χ2n) is 4.90. The van der Waals surface area contributed by atoms with E-state index in [0.29, 0.717) is 18.2 Å². The zero-order chi connectivity index (χ0) is 13.6. The minimum Gasteiger partial charge on any atom is -0.227 e. The molecule has 18 heavy (non-hydrogen) atoms. The molecule has 100 valence electrons. The van der Waals surface area contributed by atoms with Gasteiger partial charge in [0, 0.05) is 0 Å². The number of carbonyl (C=O) groups excluding carboxylic acids is 1. The van der Waals surface area contributed by atoms with Crippen LogP contribution in [-0.4, -0.2) is 52.5 Å². The van der Waals surface area contributed by atoms with Gasteiger partial charge in [-0.15, -0.1) is 14.8 Å². The average molecular weight is 289 g/mol. The van der Waals surface area contributed by atoms with Crippen LogP contribution in [0.4, 0.5) is 9.93 Å². The van der Waals surface area contributed by atoms with E-state index in [2.05, 4.69) is 24.0 Å². The summed E-state index contributed by atoms with van der Waals surface area (Å²) in [6.07, 6.45) is 2.02. The van der Waals surface area contributed by atoms with Gasteiger partial charge >= 0.3 is 6.03 Å². The lowest BCUT2D eigenvalue weighted by Gasteiger charge is -2.17. The molecular weight excluding hydrogens is 272 g/mol. The lowest BCUT2D eigenvalue weighted by Crippen LogP contribution is -2.44. The molecule has 1 aliphatic rings. The zero-order valence-electron chi connectivity index (χ0n) is 10.9. The van der Waals surface area contributed by atoms with E-state index in [0.717, 1.165) is 5.01 Å². The second-order valence-corrected chi connectivity index (χ2v) is 7.29. The number of hydrogen-bond acceptors (Lipinski definition) is 6. The molecule has 1 aromatic rings. The molecule has 8 heteroatoms. The third kappa shape index (κ3) is 2.25. The van der Waals surface area contributed by atoms with Gasteiger partial charge in [-0.2, -0.15) is 11.8 Å². The van der Waals surface area contributed by atoms with E-state index in [1.807, 2.05) is 6.26 Å². The number of urea groups is 1. The van der Waals surface area contributed by atoms with Crippen LogP contribution >= 0.6 is 23.1 Å². The molecule has 1 unspecified atom stereocenters. The summed E-state index contributed by atoms with van der Waals surface area (Å²) >= 11 is 3.09. The third-order valence-electron chi connectivity index (χ3n) is 3.07. The first-order valence-corrected chi connectivity index (χ1v) is 7.61. The first-order chi connectivity index (χ1) is 8.28. The summed E-state index contributed by atoms with van der Waals surface area (Å²) in [4.78, 5) is 13.4. The Kier molecular flexibility index (Phi) is 3.39. The van der Waals surface area contributed by atoms with Crippen molar-refractivity contribution in [1.82, 2.24) is 10.2 Å². The summed E-state index contributed by atoms with van der Waals surface area (Å²) in [5, 5.41) is 19.5. The van der Waals surface area contributed by atoms with Crippen molar-refractivity contribution >= 4 is 34.3 Å². The van der Waals surface area contributed by atoms with Crippen LogP contribution in [-0.2, 0) is 4.75 Å². The maximum absolute atomic E-state index is 11.9. The highest BCUT2D eigenvalue weighted by atomic mass is 32.2. The van der Waals surface area contributed by atoms with E-state index in [4.69, 9.17) is 0 Å². The van der Waals surface area contributed by atoms with Crippen molar-refractivity contribution in [3.05, 3.63) is 5.01 Å². The largest absolute Gasteiger partial charge is 0.457 e. The van der Waals surface area contributed by atoms with Gasteiger partial charge in [-0.1, -0.05) is 11.3 Å². The molecule has 6 nitrogen and oxygen atoms in total. The van der Waals surface area contributed by atoms with Crippen molar-refractivity contribution < 1.29 is 14.6 Å². The highest BCUT2D eigenvalue weighted by Crippen LogP contribution is 2.38. The molecule has 0 bridgehead atoms. The number of carbonyl (C=O) groups is 1. The second kappa shape index (κ2) is 4.44. The number of hydrogen-bond donors (Lipinski definition) is 1. The molecule has 2 heterocycles. The van der Waals surface area contributed by atoms with E-state index in [-0.39, 0.29) is 10.8 Å². The van der Waals surface area contributed by atoms with Crippen LogP contribution in [0.3, 0.4) is 0 Å². The Morgan fingerprint density at radius 3 is 2.67 bits per heavy atom. The number of nitrogens with zero attached hydrogens (tertiary/aromatic N) is 4. The third-order valence-corrected chi connectivity index (χ3v) is 5.69. The van der Waals surface area contributed by atoms with Crippen LogP contribution in [0.5, 0.6) is 0 Å². The molecule has 0 aromatic carbocycles. The van der Waals surface area contributed by atoms with Crippen molar-refractivity contribution in [3.63, 3.8) is 0 Å². The summed E-state index contributed by atoms with van der Waals surface area (Å²) in [5.41, 5.74) is 0. The first-order valence-electron chi connectivity index (χ1n) is 5.57. The molecule has 0 saturated carbocycles. The summed E-state index contributed by atoms with van der Waals surface area (Å²) in [6.45, 7) is 4.99. The number of anilines is 1. The molecule has 2 rings (SSSR count). The Bertz CT molecular complexity index is 472. The minimum absolute atomic E-state index is 0.115. The lowest BCUT2D eigenvalue weighted by molar-refractivity contribution is -1.01. The Morgan fingerprint density at radius 2 is 2.17 bits per heavy atom. The number of hydroxylamine groups is 3. The molecule has 1 aliphatic heterocycles. The first kappa shape index (κ1) is 13.7. The number of thioether (sulfide) groups is 1. The summed E-state index contributed by atoms with van der Waals surface area (Å²) in [6, 6.07) is -0.348. The van der Waals surface area contributed by atoms with E-state index in [9.17, 15) is 10.0 Å². The van der Waals surface area contributed by atoms with E-state index in [1.165, 1.54) is 23.3 Å². The van der Waals surface area contributed by atoms with Crippen molar-refractivity contribution in [3.8, 4) is 0 Å². The minimum atomic E-state index is -0.610. The maximum Gasteiger partial charge on any atom is 0.457 e. The van der Waals surface area contributed by atoms with Crippen molar-refractivity contribution in [2.45, 2.75) is 18.6 Å². The predicted molar refractivity (Wildman–Crippen MR) is 72.0 cm³/mol. The summed E-state index contributed by atoms with van der Waals surface area (Å²) in [7, 11) is 1.48. The quantitative estimate of drug-likeness (QED) is 0.680. The fourth-order valence-electron chi connectivity index (χ4n) is 1.58. The fraction of sp³-hybridized carbons (Fsp3) is 0.700. The van der Waals surface area contributed by atoms with Gasteiger partial charge in [0.25, 0.3) is 0 Å². The van der Waals surface area contributed by atoms with Gasteiger partial charge in [0.15, 0.2) is 0 Å². The van der Waals surface area contributed by atoms with Crippen molar-refractivity contribution in [2.75, 3.05) is 31.3 Å². The maximum atomic E-state index is 11.9. The zero-order valence-corrected chi connectivity index (χ0v) is 12.5.